The Kier molecular flexibility index (Phi) is 4.29. The highest BCUT2D eigenvalue weighted by Crippen LogP contribution is 2.37. The van der Waals surface area contributed by atoms with E-state index < -0.39 is 0 Å². The summed E-state index contributed by atoms with van der Waals surface area (Å²) in [5.74, 6) is 0.247. The van der Waals surface area contributed by atoms with E-state index in [0.717, 1.165) is 0 Å². The van der Waals surface area contributed by atoms with Crippen molar-refractivity contribution in [1.29, 1.82) is 0 Å². The van der Waals surface area contributed by atoms with Crippen LogP contribution in [0.5, 0.6) is 11.5 Å². The molecule has 1 aliphatic rings. The molecule has 0 aromatic heterocycles. The predicted molar refractivity (Wildman–Crippen MR) is 91.1 cm³/mol. The Morgan fingerprint density at radius 3 is 1.62 bits per heavy atom. The molecule has 0 amide bonds. The molecule has 4 heteroatoms. The van der Waals surface area contributed by atoms with Gasteiger partial charge in [0.1, 0.15) is 24.7 Å². The zero-order valence-electron chi connectivity index (χ0n) is 13.1. The van der Waals surface area contributed by atoms with E-state index in [2.05, 4.69) is 13.2 Å². The van der Waals surface area contributed by atoms with Crippen LogP contribution in [0.2, 0.25) is 0 Å². The van der Waals surface area contributed by atoms with E-state index in [1.54, 1.807) is 48.6 Å². The maximum atomic E-state index is 13.1. The number of hydrogen-bond donors (Lipinski definition) is 0. The van der Waals surface area contributed by atoms with Gasteiger partial charge in [-0.05, 0) is 12.1 Å². The lowest BCUT2D eigenvalue weighted by Gasteiger charge is -2.21. The normalized spacial score (nSPS) is 12.2. The van der Waals surface area contributed by atoms with Gasteiger partial charge in [0.2, 0.25) is 5.78 Å². The summed E-state index contributed by atoms with van der Waals surface area (Å²) in [4.78, 5) is 25.9. The fourth-order valence-electron chi connectivity index (χ4n) is 2.72. The molecule has 0 saturated heterocycles. The summed E-state index contributed by atoms with van der Waals surface area (Å²) in [6, 6.07) is 10.0. The summed E-state index contributed by atoms with van der Waals surface area (Å²) in [5, 5.41) is 0. The maximum Gasteiger partial charge on any atom is 0.201 e. The SMILES string of the molecule is C=CCOc1cccc2c1C(=O)c1c(OCC=C)cccc1C2=O. The Balaban J connectivity index is 2.16. The van der Waals surface area contributed by atoms with Crippen LogP contribution in [0.3, 0.4) is 0 Å². The summed E-state index contributed by atoms with van der Waals surface area (Å²) in [7, 11) is 0. The molecule has 0 bridgehead atoms. The van der Waals surface area contributed by atoms with Crippen molar-refractivity contribution in [3.63, 3.8) is 0 Å². The van der Waals surface area contributed by atoms with E-state index in [4.69, 9.17) is 9.47 Å². The first kappa shape index (κ1) is 15.7. The van der Waals surface area contributed by atoms with Crippen molar-refractivity contribution in [3.05, 3.63) is 84.0 Å². The molecule has 0 radical (unpaired) electrons. The van der Waals surface area contributed by atoms with E-state index in [0.29, 0.717) is 22.6 Å². The van der Waals surface area contributed by atoms with Crippen molar-refractivity contribution >= 4 is 11.6 Å². The van der Waals surface area contributed by atoms with Crippen LogP contribution >= 0.6 is 0 Å². The second-order valence-electron chi connectivity index (χ2n) is 5.22. The highest BCUT2D eigenvalue weighted by atomic mass is 16.5. The quantitative estimate of drug-likeness (QED) is 0.651. The van der Waals surface area contributed by atoms with Crippen molar-refractivity contribution in [2.75, 3.05) is 13.2 Å². The van der Waals surface area contributed by atoms with Crippen LogP contribution < -0.4 is 9.47 Å². The van der Waals surface area contributed by atoms with E-state index in [1.807, 2.05) is 0 Å². The molecular weight excluding hydrogens is 304 g/mol. The van der Waals surface area contributed by atoms with Crippen LogP contribution in [0.1, 0.15) is 31.8 Å². The van der Waals surface area contributed by atoms with Gasteiger partial charge in [0, 0.05) is 11.1 Å². The molecule has 120 valence electrons. The second kappa shape index (κ2) is 6.54. The molecule has 2 aromatic rings. The number of carbonyl (C=O) groups excluding carboxylic acids is 2. The number of fused-ring (bicyclic) bond motifs is 2. The molecule has 0 heterocycles. The molecule has 0 fully saturated rings. The highest BCUT2D eigenvalue weighted by Gasteiger charge is 2.34. The highest BCUT2D eigenvalue weighted by molar-refractivity contribution is 6.30. The monoisotopic (exact) mass is 320 g/mol. The molecule has 0 saturated carbocycles. The fourth-order valence-corrected chi connectivity index (χ4v) is 2.72. The van der Waals surface area contributed by atoms with Crippen LogP contribution in [0.4, 0.5) is 0 Å². The largest absolute Gasteiger partial charge is 0.489 e. The molecule has 0 N–H and O–H groups in total. The van der Waals surface area contributed by atoms with E-state index in [-0.39, 0.29) is 35.9 Å². The van der Waals surface area contributed by atoms with Crippen LogP contribution in [-0.4, -0.2) is 24.8 Å². The summed E-state index contributed by atoms with van der Waals surface area (Å²) >= 11 is 0. The maximum absolute atomic E-state index is 13.1. The first-order chi connectivity index (χ1) is 11.7. The topological polar surface area (TPSA) is 52.6 Å². The van der Waals surface area contributed by atoms with Crippen LogP contribution in [-0.2, 0) is 0 Å². The number of benzene rings is 2. The van der Waals surface area contributed by atoms with Crippen molar-refractivity contribution in [2.45, 2.75) is 0 Å². The number of ketones is 2. The lowest BCUT2D eigenvalue weighted by molar-refractivity contribution is 0.0973. The molecule has 24 heavy (non-hydrogen) atoms. The summed E-state index contributed by atoms with van der Waals surface area (Å²) < 4.78 is 11.1. The second-order valence-corrected chi connectivity index (χ2v) is 5.22. The minimum Gasteiger partial charge on any atom is -0.489 e. The minimum atomic E-state index is -0.279. The van der Waals surface area contributed by atoms with Gasteiger partial charge in [0.05, 0.1) is 11.1 Å². The Morgan fingerprint density at radius 2 is 1.21 bits per heavy atom. The summed E-state index contributed by atoms with van der Waals surface area (Å²) in [6.45, 7) is 7.70. The Labute approximate surface area is 140 Å². The van der Waals surface area contributed by atoms with Crippen molar-refractivity contribution in [3.8, 4) is 11.5 Å². The molecule has 0 unspecified atom stereocenters. The van der Waals surface area contributed by atoms with Crippen molar-refractivity contribution in [1.82, 2.24) is 0 Å². The molecule has 4 nitrogen and oxygen atoms in total. The molecule has 0 aliphatic heterocycles. The molecule has 0 atom stereocenters. The Morgan fingerprint density at radius 1 is 0.750 bits per heavy atom. The average Bonchev–Trinajstić information content (AvgIpc) is 2.62. The van der Waals surface area contributed by atoms with E-state index >= 15 is 0 Å². The van der Waals surface area contributed by atoms with E-state index in [1.165, 1.54) is 0 Å². The van der Waals surface area contributed by atoms with Gasteiger partial charge in [-0.3, -0.25) is 9.59 Å². The summed E-state index contributed by atoms with van der Waals surface area (Å²) in [6.07, 6.45) is 3.17. The van der Waals surface area contributed by atoms with Crippen molar-refractivity contribution in [2.24, 2.45) is 0 Å². The molecule has 3 rings (SSSR count). The lowest BCUT2D eigenvalue weighted by atomic mass is 9.83. The average molecular weight is 320 g/mol. The third-order valence-corrected chi connectivity index (χ3v) is 3.71. The molecular formula is C20H16O4. The smallest absolute Gasteiger partial charge is 0.201 e. The van der Waals surface area contributed by atoms with Gasteiger partial charge in [-0.2, -0.15) is 0 Å². The van der Waals surface area contributed by atoms with Gasteiger partial charge >= 0.3 is 0 Å². The number of hydrogen-bond acceptors (Lipinski definition) is 4. The standard InChI is InChI=1S/C20H16O4/c1-3-11-23-15-9-5-7-13-17(15)20(22)18-14(19(13)21)8-6-10-16(18)24-12-4-2/h3-10H,1-2,11-12H2. The predicted octanol–water partition coefficient (Wildman–Crippen LogP) is 3.59. The molecule has 1 aliphatic carbocycles. The van der Waals surface area contributed by atoms with Crippen LogP contribution in [0, 0.1) is 0 Å². The van der Waals surface area contributed by atoms with Gasteiger partial charge in [-0.25, -0.2) is 0 Å². The lowest BCUT2D eigenvalue weighted by Crippen LogP contribution is -2.23. The van der Waals surface area contributed by atoms with Crippen molar-refractivity contribution < 1.29 is 19.1 Å². The van der Waals surface area contributed by atoms with Crippen LogP contribution in [0.15, 0.2) is 61.7 Å². The zero-order valence-corrected chi connectivity index (χ0v) is 13.1. The first-order valence-corrected chi connectivity index (χ1v) is 7.51. The van der Waals surface area contributed by atoms with E-state index in [9.17, 15) is 9.59 Å². The number of ether oxygens (including phenoxy) is 2. The minimum absolute atomic E-state index is 0.215. The molecule has 2 aromatic carbocycles. The fraction of sp³-hybridized carbons (Fsp3) is 0.100. The third kappa shape index (κ3) is 2.52. The van der Waals surface area contributed by atoms with Crippen LogP contribution in [0.25, 0.3) is 0 Å². The first-order valence-electron chi connectivity index (χ1n) is 7.51. The van der Waals surface area contributed by atoms with Gasteiger partial charge < -0.3 is 9.47 Å². The van der Waals surface area contributed by atoms with Gasteiger partial charge in [0.15, 0.2) is 5.78 Å². The van der Waals surface area contributed by atoms with Gasteiger partial charge in [-0.15, -0.1) is 0 Å². The number of rotatable bonds is 6. The Hall–Kier alpha value is -3.14. The third-order valence-electron chi connectivity index (χ3n) is 3.71. The van der Waals surface area contributed by atoms with Gasteiger partial charge in [-0.1, -0.05) is 49.6 Å². The number of carbonyl (C=O) groups is 2. The van der Waals surface area contributed by atoms with Gasteiger partial charge in [0.25, 0.3) is 0 Å². The zero-order chi connectivity index (χ0) is 17.1. The summed E-state index contributed by atoms with van der Waals surface area (Å²) in [5.41, 5.74) is 1.22. The molecule has 0 spiro atoms. The Bertz CT molecular complexity index is 781.